The number of furan rings is 1. The largest absolute Gasteiger partial charge is 0.465 e. The van der Waals surface area contributed by atoms with E-state index in [9.17, 15) is 9.59 Å². The van der Waals surface area contributed by atoms with Crippen molar-refractivity contribution in [1.82, 2.24) is 25.6 Å². The topological polar surface area (TPSA) is 102 Å². The van der Waals surface area contributed by atoms with E-state index in [1.54, 1.807) is 6.07 Å². The van der Waals surface area contributed by atoms with Crippen molar-refractivity contribution in [3.8, 4) is 0 Å². The maximum atomic E-state index is 12.3. The summed E-state index contributed by atoms with van der Waals surface area (Å²) in [5, 5.41) is 13.4. The number of amides is 2. The van der Waals surface area contributed by atoms with Crippen molar-refractivity contribution in [2.45, 2.75) is 39.9 Å². The average Bonchev–Trinajstić information content (AvgIpc) is 3.11. The van der Waals surface area contributed by atoms with Crippen molar-refractivity contribution in [3.05, 3.63) is 35.0 Å². The van der Waals surface area contributed by atoms with Gasteiger partial charge in [0.25, 0.3) is 11.8 Å². The number of aryl methyl sites for hydroxylation is 1. The zero-order valence-electron chi connectivity index (χ0n) is 13.3. The van der Waals surface area contributed by atoms with Crippen molar-refractivity contribution >= 4 is 11.8 Å². The van der Waals surface area contributed by atoms with Crippen molar-refractivity contribution < 1.29 is 14.0 Å². The van der Waals surface area contributed by atoms with Crippen molar-refractivity contribution in [2.24, 2.45) is 5.92 Å². The minimum absolute atomic E-state index is 0.0151. The minimum Gasteiger partial charge on any atom is -0.465 e. The van der Waals surface area contributed by atoms with Crippen LogP contribution in [0, 0.1) is 12.8 Å². The van der Waals surface area contributed by atoms with Crippen molar-refractivity contribution in [1.29, 1.82) is 0 Å². The molecule has 2 aromatic rings. The summed E-state index contributed by atoms with van der Waals surface area (Å²) in [6, 6.07) is 3.59. The molecule has 3 heterocycles. The van der Waals surface area contributed by atoms with E-state index in [1.807, 2.05) is 26.8 Å². The van der Waals surface area contributed by atoms with Crippen LogP contribution in [0.25, 0.3) is 0 Å². The molecule has 2 aromatic heterocycles. The molecule has 1 atom stereocenters. The number of nitrogens with zero attached hydrogens (tertiary/aromatic N) is 3. The molecule has 2 N–H and O–H groups in total. The van der Waals surface area contributed by atoms with E-state index in [-0.39, 0.29) is 35.8 Å². The van der Waals surface area contributed by atoms with Gasteiger partial charge in [-0.1, -0.05) is 19.1 Å². The van der Waals surface area contributed by atoms with Crippen LogP contribution in [0.1, 0.15) is 46.3 Å². The number of carbonyl (C=O) groups is 2. The number of nitrogens with one attached hydrogen (secondary N) is 2. The van der Waals surface area contributed by atoms with Gasteiger partial charge in [0.05, 0.1) is 19.1 Å². The molecule has 0 unspecified atom stereocenters. The van der Waals surface area contributed by atoms with Gasteiger partial charge in [-0.2, -0.15) is 0 Å². The summed E-state index contributed by atoms with van der Waals surface area (Å²) in [7, 11) is 0. The van der Waals surface area contributed by atoms with Gasteiger partial charge in [-0.25, -0.2) is 4.68 Å². The van der Waals surface area contributed by atoms with E-state index < -0.39 is 5.91 Å². The molecular weight excluding hydrogens is 298 g/mol. The number of fused-ring (bicyclic) bond motifs is 1. The third kappa shape index (κ3) is 2.96. The van der Waals surface area contributed by atoms with Crippen LogP contribution < -0.4 is 10.6 Å². The number of carbonyl (C=O) groups excluding carboxylic acids is 2. The zero-order valence-corrected chi connectivity index (χ0v) is 13.3. The Balaban J connectivity index is 1.74. The number of rotatable bonds is 4. The van der Waals surface area contributed by atoms with Gasteiger partial charge in [-0.05, 0) is 25.0 Å². The van der Waals surface area contributed by atoms with Crippen LogP contribution in [-0.4, -0.2) is 32.9 Å². The normalized spacial score (nSPS) is 17.0. The molecule has 0 fully saturated rings. The standard InChI is InChI=1S/C15H19N5O3/c1-8(2)11-7-20-13(15(22)17-11)12(18-19-20)14(21)16-6-10-5-4-9(3)23-10/h4-5,8,11H,6-7H2,1-3H3,(H,16,21)(H,17,22)/t11-/m1/s1. The summed E-state index contributed by atoms with van der Waals surface area (Å²) >= 11 is 0. The SMILES string of the molecule is Cc1ccc(CNC(=O)c2nnn3c2C(=O)N[C@@H](C(C)C)C3)o1. The Bertz CT molecular complexity index is 746. The first-order chi connectivity index (χ1) is 11.0. The summed E-state index contributed by atoms with van der Waals surface area (Å²) in [6.45, 7) is 6.61. The molecule has 0 bridgehead atoms. The van der Waals surface area contributed by atoms with E-state index in [2.05, 4.69) is 20.9 Å². The molecule has 1 aliphatic heterocycles. The van der Waals surface area contributed by atoms with E-state index >= 15 is 0 Å². The molecule has 8 heteroatoms. The Morgan fingerprint density at radius 2 is 2.30 bits per heavy atom. The molecule has 0 saturated carbocycles. The highest BCUT2D eigenvalue weighted by atomic mass is 16.3. The maximum absolute atomic E-state index is 12.3. The van der Waals surface area contributed by atoms with E-state index in [4.69, 9.17) is 4.42 Å². The van der Waals surface area contributed by atoms with Gasteiger partial charge in [0, 0.05) is 0 Å². The lowest BCUT2D eigenvalue weighted by molar-refractivity contribution is 0.0861. The third-order valence-corrected chi connectivity index (χ3v) is 3.88. The fourth-order valence-electron chi connectivity index (χ4n) is 2.50. The quantitative estimate of drug-likeness (QED) is 0.871. The highest BCUT2D eigenvalue weighted by Crippen LogP contribution is 2.16. The highest BCUT2D eigenvalue weighted by molar-refractivity contribution is 6.05. The van der Waals surface area contributed by atoms with Gasteiger partial charge in [0.15, 0.2) is 11.4 Å². The zero-order chi connectivity index (χ0) is 16.6. The molecule has 1 aliphatic rings. The second-order valence-electron chi connectivity index (χ2n) is 5.99. The number of aromatic nitrogens is 3. The van der Waals surface area contributed by atoms with Gasteiger partial charge in [0.2, 0.25) is 0 Å². The molecule has 3 rings (SSSR count). The molecular formula is C15H19N5O3. The molecule has 0 radical (unpaired) electrons. The van der Waals surface area contributed by atoms with Crippen molar-refractivity contribution in [2.75, 3.05) is 0 Å². The highest BCUT2D eigenvalue weighted by Gasteiger charge is 2.32. The average molecular weight is 317 g/mol. The summed E-state index contributed by atoms with van der Waals surface area (Å²) in [5.41, 5.74) is 0.239. The molecule has 8 nitrogen and oxygen atoms in total. The van der Waals surface area contributed by atoms with Crippen LogP contribution in [0.4, 0.5) is 0 Å². The van der Waals surface area contributed by atoms with Crippen LogP contribution in [0.5, 0.6) is 0 Å². The van der Waals surface area contributed by atoms with Crippen molar-refractivity contribution in [3.63, 3.8) is 0 Å². The first-order valence-electron chi connectivity index (χ1n) is 7.53. The lowest BCUT2D eigenvalue weighted by Crippen LogP contribution is -2.48. The Hall–Kier alpha value is -2.64. The smallest absolute Gasteiger partial charge is 0.274 e. The second kappa shape index (κ2) is 5.86. The fourth-order valence-corrected chi connectivity index (χ4v) is 2.50. The van der Waals surface area contributed by atoms with Crippen LogP contribution >= 0.6 is 0 Å². The molecule has 23 heavy (non-hydrogen) atoms. The first kappa shape index (κ1) is 15.3. The molecule has 2 amide bonds. The second-order valence-corrected chi connectivity index (χ2v) is 5.99. The fraction of sp³-hybridized carbons (Fsp3) is 0.467. The van der Waals surface area contributed by atoms with Gasteiger partial charge < -0.3 is 15.1 Å². The lowest BCUT2D eigenvalue weighted by Gasteiger charge is -2.27. The van der Waals surface area contributed by atoms with Crippen LogP contribution in [-0.2, 0) is 13.1 Å². The van der Waals surface area contributed by atoms with Crippen LogP contribution in [0.3, 0.4) is 0 Å². The summed E-state index contributed by atoms with van der Waals surface area (Å²) in [6.07, 6.45) is 0. The predicted octanol–water partition coefficient (Wildman–Crippen LogP) is 0.878. The van der Waals surface area contributed by atoms with Gasteiger partial charge in [-0.15, -0.1) is 5.10 Å². The molecule has 0 aromatic carbocycles. The van der Waals surface area contributed by atoms with Gasteiger partial charge in [-0.3, -0.25) is 9.59 Å². The van der Waals surface area contributed by atoms with Gasteiger partial charge >= 0.3 is 0 Å². The third-order valence-electron chi connectivity index (χ3n) is 3.88. The lowest BCUT2D eigenvalue weighted by atomic mass is 10.0. The summed E-state index contributed by atoms with van der Waals surface area (Å²) < 4.78 is 6.89. The van der Waals surface area contributed by atoms with E-state index in [0.29, 0.717) is 12.3 Å². The van der Waals surface area contributed by atoms with E-state index in [0.717, 1.165) is 5.76 Å². The Kier molecular flexibility index (Phi) is 3.89. The Morgan fingerprint density at radius 3 is 2.96 bits per heavy atom. The molecule has 0 saturated heterocycles. The minimum atomic E-state index is -0.446. The monoisotopic (exact) mass is 317 g/mol. The number of hydrogen-bond donors (Lipinski definition) is 2. The van der Waals surface area contributed by atoms with Crippen LogP contribution in [0.2, 0.25) is 0 Å². The molecule has 0 spiro atoms. The molecule has 122 valence electrons. The predicted molar refractivity (Wildman–Crippen MR) is 80.7 cm³/mol. The van der Waals surface area contributed by atoms with Gasteiger partial charge in [0.1, 0.15) is 11.5 Å². The molecule has 0 aliphatic carbocycles. The summed E-state index contributed by atoms with van der Waals surface area (Å²) in [5.74, 6) is 0.920. The summed E-state index contributed by atoms with van der Waals surface area (Å²) in [4.78, 5) is 24.5. The maximum Gasteiger partial charge on any atom is 0.274 e. The Morgan fingerprint density at radius 1 is 1.52 bits per heavy atom. The number of hydrogen-bond acceptors (Lipinski definition) is 5. The Labute approximate surface area is 133 Å². The van der Waals surface area contributed by atoms with E-state index in [1.165, 1.54) is 4.68 Å². The first-order valence-corrected chi connectivity index (χ1v) is 7.53. The van der Waals surface area contributed by atoms with Crippen LogP contribution in [0.15, 0.2) is 16.5 Å².